The lowest BCUT2D eigenvalue weighted by atomic mass is 10.0. The third-order valence-corrected chi connectivity index (χ3v) is 9.49. The van der Waals surface area contributed by atoms with Crippen LogP contribution in [-0.2, 0) is 0 Å². The van der Waals surface area contributed by atoms with E-state index in [1.807, 2.05) is 97.1 Å². The molecule has 0 aliphatic carbocycles. The zero-order chi connectivity index (χ0) is 35.7. The maximum atomic E-state index is 10.9. The highest BCUT2D eigenvalue weighted by molar-refractivity contribution is 6.12. The van der Waals surface area contributed by atoms with Crippen LogP contribution < -0.4 is 0 Å². The van der Waals surface area contributed by atoms with Crippen LogP contribution in [0.4, 0.5) is 5.69 Å². The van der Waals surface area contributed by atoms with E-state index in [4.69, 9.17) is 21.5 Å². The number of rotatable bonds is 6. The van der Waals surface area contributed by atoms with Crippen LogP contribution in [0.1, 0.15) is 5.56 Å². The van der Waals surface area contributed by atoms with Crippen LogP contribution in [0.2, 0.25) is 0 Å². The van der Waals surface area contributed by atoms with E-state index in [0.717, 1.165) is 55.2 Å². The fourth-order valence-corrected chi connectivity index (χ4v) is 6.97. The third kappa shape index (κ3) is 5.67. The van der Waals surface area contributed by atoms with Gasteiger partial charge in [0, 0.05) is 27.5 Å². The molecule has 0 saturated carbocycles. The van der Waals surface area contributed by atoms with Gasteiger partial charge in [0.15, 0.2) is 17.5 Å². The summed E-state index contributed by atoms with van der Waals surface area (Å²) >= 11 is 0. The molecule has 0 aliphatic rings. The topological polar surface area (TPSA) is 71.8 Å². The molecule has 2 aromatic heterocycles. The van der Waals surface area contributed by atoms with Gasteiger partial charge in [-0.2, -0.15) is 5.26 Å². The van der Waals surface area contributed by atoms with E-state index in [1.54, 1.807) is 12.1 Å². The minimum Gasteiger partial charge on any atom is -0.318 e. The molecule has 0 radical (unpaired) electrons. The second kappa shape index (κ2) is 13.2. The van der Waals surface area contributed by atoms with Crippen molar-refractivity contribution in [2.24, 2.45) is 0 Å². The van der Waals surface area contributed by atoms with Crippen LogP contribution in [0, 0.1) is 17.9 Å². The quantitative estimate of drug-likeness (QED) is 0.164. The van der Waals surface area contributed by atoms with Crippen LogP contribution >= 0.6 is 0 Å². The average molecular weight is 677 g/mol. The van der Waals surface area contributed by atoms with Gasteiger partial charge in [0.2, 0.25) is 5.69 Å². The molecule has 0 bridgehead atoms. The molecular formula is C47H28N6. The monoisotopic (exact) mass is 676 g/mol. The Balaban J connectivity index is 1.31. The number of nitriles is 1. The van der Waals surface area contributed by atoms with Gasteiger partial charge in [-0.15, -0.1) is 0 Å². The first-order chi connectivity index (χ1) is 26.2. The first-order valence-corrected chi connectivity index (χ1v) is 17.2. The molecular weight excluding hydrogens is 649 g/mol. The van der Waals surface area contributed by atoms with E-state index >= 15 is 0 Å². The number of hydrogen-bond donors (Lipinski definition) is 0. The highest BCUT2D eigenvalue weighted by Gasteiger charge is 2.22. The largest absolute Gasteiger partial charge is 0.318 e. The molecule has 0 unspecified atom stereocenters. The van der Waals surface area contributed by atoms with E-state index in [2.05, 4.69) is 76.1 Å². The molecule has 6 heteroatoms. The number of hydrogen-bond acceptors (Lipinski definition) is 4. The second-order valence-electron chi connectivity index (χ2n) is 12.7. The summed E-state index contributed by atoms with van der Waals surface area (Å²) in [5.41, 5.74) is 9.44. The number of nitrogens with zero attached hydrogens (tertiary/aromatic N) is 6. The van der Waals surface area contributed by atoms with E-state index in [0.29, 0.717) is 40.0 Å². The van der Waals surface area contributed by atoms with Gasteiger partial charge in [0.05, 0.1) is 34.9 Å². The Bertz CT molecular complexity index is 2700. The Hall–Kier alpha value is -7.67. The number of fused-ring (bicyclic) bond motifs is 3. The fourth-order valence-electron chi connectivity index (χ4n) is 6.97. The first-order valence-electron chi connectivity index (χ1n) is 17.2. The lowest BCUT2D eigenvalue weighted by molar-refractivity contribution is 1.07. The molecule has 0 atom stereocenters. The van der Waals surface area contributed by atoms with Gasteiger partial charge in [-0.3, -0.25) is 0 Å². The van der Waals surface area contributed by atoms with E-state index in [-0.39, 0.29) is 0 Å². The van der Waals surface area contributed by atoms with Crippen LogP contribution in [0.5, 0.6) is 0 Å². The Morgan fingerprint density at radius 3 is 1.28 bits per heavy atom. The zero-order valence-electron chi connectivity index (χ0n) is 28.3. The molecule has 246 valence electrons. The summed E-state index contributed by atoms with van der Waals surface area (Å²) in [6.07, 6.45) is 0. The summed E-state index contributed by atoms with van der Waals surface area (Å²) in [7, 11) is 0. The minimum atomic E-state index is 0.316. The fraction of sp³-hybridized carbons (Fsp3) is 0. The minimum absolute atomic E-state index is 0.316. The molecule has 7 aromatic carbocycles. The maximum Gasteiger partial charge on any atom is 0.212 e. The molecule has 0 spiro atoms. The average Bonchev–Trinajstić information content (AvgIpc) is 3.56. The molecule has 9 rings (SSSR count). The Morgan fingerprint density at radius 2 is 0.868 bits per heavy atom. The van der Waals surface area contributed by atoms with Gasteiger partial charge in [0.1, 0.15) is 0 Å². The summed E-state index contributed by atoms with van der Waals surface area (Å²) in [5.74, 6) is 1.39. The molecule has 53 heavy (non-hydrogen) atoms. The Morgan fingerprint density at radius 1 is 0.453 bits per heavy atom. The lowest BCUT2D eigenvalue weighted by Gasteiger charge is -2.15. The zero-order valence-corrected chi connectivity index (χ0v) is 28.3. The van der Waals surface area contributed by atoms with Gasteiger partial charge < -0.3 is 4.57 Å². The predicted octanol–water partition coefficient (Wildman–Crippen LogP) is 11.7. The summed E-state index contributed by atoms with van der Waals surface area (Å²) in [5, 5.41) is 12.9. The van der Waals surface area contributed by atoms with Gasteiger partial charge in [-0.25, -0.2) is 19.8 Å². The molecule has 9 aromatic rings. The van der Waals surface area contributed by atoms with Crippen molar-refractivity contribution in [3.05, 3.63) is 187 Å². The molecule has 2 heterocycles. The van der Waals surface area contributed by atoms with Gasteiger partial charge in [-0.05, 0) is 46.5 Å². The van der Waals surface area contributed by atoms with E-state index in [1.165, 1.54) is 0 Å². The van der Waals surface area contributed by atoms with Gasteiger partial charge in [0.25, 0.3) is 0 Å². The number of benzene rings is 7. The van der Waals surface area contributed by atoms with E-state index < -0.39 is 0 Å². The highest BCUT2D eigenvalue weighted by Crippen LogP contribution is 2.42. The van der Waals surface area contributed by atoms with Crippen molar-refractivity contribution in [2.45, 2.75) is 0 Å². The number of aromatic nitrogens is 4. The van der Waals surface area contributed by atoms with Crippen molar-refractivity contribution in [3.63, 3.8) is 0 Å². The van der Waals surface area contributed by atoms with E-state index in [9.17, 15) is 5.26 Å². The van der Waals surface area contributed by atoms with Crippen molar-refractivity contribution < 1.29 is 0 Å². The predicted molar refractivity (Wildman–Crippen MR) is 212 cm³/mol. The lowest BCUT2D eigenvalue weighted by Crippen LogP contribution is -2.02. The summed E-state index contributed by atoms with van der Waals surface area (Å²) in [6.45, 7) is 8.49. The summed E-state index contributed by atoms with van der Waals surface area (Å²) in [4.78, 5) is 18.7. The van der Waals surface area contributed by atoms with Crippen LogP contribution in [0.3, 0.4) is 0 Å². The molecule has 0 N–H and O–H groups in total. The highest BCUT2D eigenvalue weighted by atomic mass is 15.0. The van der Waals surface area contributed by atoms with Crippen LogP contribution in [0.25, 0.3) is 88.8 Å². The normalized spacial score (nSPS) is 11.0. The Kier molecular flexibility index (Phi) is 7.82. The molecule has 0 aliphatic heterocycles. The third-order valence-electron chi connectivity index (χ3n) is 9.49. The van der Waals surface area contributed by atoms with Gasteiger partial charge >= 0.3 is 0 Å². The van der Waals surface area contributed by atoms with Crippen LogP contribution in [0.15, 0.2) is 170 Å². The standard InChI is InChI=1S/C47H28N6/c1-49-41-27-37(47-51-45(33-18-10-4-11-19-33)50-46(52-47)34-20-12-5-13-21-34)26-38(30-48)44(41)53-42-28-35(31-14-6-2-7-15-31)22-24-39(42)40-25-23-36(29-43(40)53)32-16-8-3-9-17-32/h2-29H. The van der Waals surface area contributed by atoms with Crippen molar-refractivity contribution in [3.8, 4) is 68.2 Å². The summed E-state index contributed by atoms with van der Waals surface area (Å²) < 4.78 is 2.08. The Labute approximate surface area is 306 Å². The van der Waals surface area contributed by atoms with Gasteiger partial charge in [-0.1, -0.05) is 146 Å². The molecule has 0 saturated heterocycles. The van der Waals surface area contributed by atoms with Crippen molar-refractivity contribution in [1.82, 2.24) is 19.5 Å². The van der Waals surface area contributed by atoms with Crippen LogP contribution in [-0.4, -0.2) is 19.5 Å². The second-order valence-corrected chi connectivity index (χ2v) is 12.7. The molecule has 0 fully saturated rings. The molecule has 0 amide bonds. The molecule has 6 nitrogen and oxygen atoms in total. The van der Waals surface area contributed by atoms with Crippen molar-refractivity contribution >= 4 is 27.5 Å². The van der Waals surface area contributed by atoms with Crippen molar-refractivity contribution in [2.75, 3.05) is 0 Å². The maximum absolute atomic E-state index is 10.9. The van der Waals surface area contributed by atoms with Crippen molar-refractivity contribution in [1.29, 1.82) is 5.26 Å². The first kappa shape index (κ1) is 31.3. The SMILES string of the molecule is [C-]#[N+]c1cc(-c2nc(-c3ccccc3)nc(-c3ccccc3)n2)cc(C#N)c1-n1c2cc(-c3ccccc3)ccc2c2ccc(-c3ccccc3)cc21. The smallest absolute Gasteiger partial charge is 0.212 e. The summed E-state index contributed by atoms with van der Waals surface area (Å²) in [6, 6.07) is 58.8.